The van der Waals surface area contributed by atoms with Crippen LogP contribution in [0, 0.1) is 0 Å². The molecule has 0 atom stereocenters. The molecule has 0 aliphatic rings. The molecule has 2 rings (SSSR count). The van der Waals surface area contributed by atoms with Crippen LogP contribution in [-0.4, -0.2) is 4.98 Å². The van der Waals surface area contributed by atoms with Crippen molar-refractivity contribution in [1.29, 1.82) is 0 Å². The molecule has 0 amide bonds. The quantitative estimate of drug-likeness (QED) is 0.164. The van der Waals surface area contributed by atoms with Gasteiger partial charge in [0.1, 0.15) is 0 Å². The van der Waals surface area contributed by atoms with Crippen molar-refractivity contribution in [2.45, 2.75) is 123 Å². The summed E-state index contributed by atoms with van der Waals surface area (Å²) < 4.78 is 2.16. The van der Waals surface area contributed by atoms with E-state index >= 15 is 0 Å². The van der Waals surface area contributed by atoms with Crippen LogP contribution in [0.25, 0.3) is 0 Å². The highest BCUT2D eigenvalue weighted by molar-refractivity contribution is 5.21. The molecule has 1 aromatic heterocycles. The fourth-order valence-electron chi connectivity index (χ4n) is 4.35. The molecule has 1 heterocycles. The first-order valence-electron chi connectivity index (χ1n) is 13.3. The van der Waals surface area contributed by atoms with Crippen LogP contribution in [0.2, 0.25) is 0 Å². The Morgan fingerprint density at radius 3 is 1.45 bits per heavy atom. The van der Waals surface area contributed by atoms with Gasteiger partial charge in [0.2, 0.25) is 0 Å². The van der Waals surface area contributed by atoms with E-state index in [9.17, 15) is 0 Å². The van der Waals surface area contributed by atoms with Crippen LogP contribution in [0.1, 0.15) is 121 Å². The minimum absolute atomic E-state index is 0.918. The molecule has 1 aromatic carbocycles. The second-order valence-corrected chi connectivity index (χ2v) is 9.29. The molecule has 0 unspecified atom stereocenters. The van der Waals surface area contributed by atoms with Crippen molar-refractivity contribution >= 4 is 0 Å². The van der Waals surface area contributed by atoms with Gasteiger partial charge < -0.3 is 0 Å². The van der Waals surface area contributed by atoms with Gasteiger partial charge in [0.05, 0.1) is 12.4 Å². The van der Waals surface area contributed by atoms with Gasteiger partial charge in [0.15, 0.2) is 18.9 Å². The predicted octanol–water partition coefficient (Wildman–Crippen LogP) is 8.22. The number of hydrogen-bond donors (Lipinski definition) is 0. The number of aromatic nitrogens is 2. The highest BCUT2D eigenvalue weighted by Gasteiger charge is 2.02. The maximum Gasteiger partial charge on any atom is 0.187 e. The molecule has 0 radical (unpaired) electrons. The van der Waals surface area contributed by atoms with Gasteiger partial charge in [0.25, 0.3) is 0 Å². The average Bonchev–Trinajstić information content (AvgIpc) is 2.80. The van der Waals surface area contributed by atoms with E-state index in [0.29, 0.717) is 0 Å². The van der Waals surface area contributed by atoms with Crippen molar-refractivity contribution in [3.8, 4) is 0 Å². The molecule has 0 saturated carbocycles. The molecule has 0 fully saturated rings. The summed E-state index contributed by atoms with van der Waals surface area (Å²) in [4.78, 5) is 4.07. The maximum atomic E-state index is 4.07. The third-order valence-corrected chi connectivity index (χ3v) is 6.40. The summed E-state index contributed by atoms with van der Waals surface area (Å²) in [7, 11) is 0. The van der Waals surface area contributed by atoms with E-state index in [4.69, 9.17) is 0 Å². The van der Waals surface area contributed by atoms with Crippen molar-refractivity contribution in [2.24, 2.45) is 0 Å². The van der Waals surface area contributed by atoms with Gasteiger partial charge in [-0.25, -0.2) is 0 Å². The molecule has 2 heteroatoms. The standard InChI is InChI=1S/C29H47N2/c1-2-3-4-5-6-7-8-9-10-11-12-13-14-15-16-17-18-28-19-21-29(22-20-28)27-31-25-23-30-24-26-31/h19-26H,2-18,27H2,1H3/q+1. The summed E-state index contributed by atoms with van der Waals surface area (Å²) in [6, 6.07) is 9.16. The first-order valence-corrected chi connectivity index (χ1v) is 13.3. The van der Waals surface area contributed by atoms with Crippen LogP contribution >= 0.6 is 0 Å². The Kier molecular flexibility index (Phi) is 14.8. The Balaban J connectivity index is 1.36. The number of hydrogen-bond acceptors (Lipinski definition) is 1. The van der Waals surface area contributed by atoms with Crippen LogP contribution in [0.3, 0.4) is 0 Å². The molecule has 0 N–H and O–H groups in total. The molecule has 0 saturated heterocycles. The van der Waals surface area contributed by atoms with Crippen LogP contribution in [0.15, 0.2) is 49.1 Å². The lowest BCUT2D eigenvalue weighted by atomic mass is 10.0. The number of nitrogens with zero attached hydrogens (tertiary/aromatic N) is 2. The Morgan fingerprint density at radius 1 is 0.548 bits per heavy atom. The third kappa shape index (κ3) is 13.3. The maximum absolute atomic E-state index is 4.07. The van der Waals surface area contributed by atoms with E-state index in [0.717, 1.165) is 6.54 Å². The summed E-state index contributed by atoms with van der Waals surface area (Å²) in [5.41, 5.74) is 2.83. The smallest absolute Gasteiger partial charge is 0.187 e. The van der Waals surface area contributed by atoms with Crippen LogP contribution in [0.4, 0.5) is 0 Å². The monoisotopic (exact) mass is 423 g/mol. The molecular weight excluding hydrogens is 376 g/mol. The molecule has 172 valence electrons. The van der Waals surface area contributed by atoms with Crippen molar-refractivity contribution < 1.29 is 4.57 Å². The van der Waals surface area contributed by atoms with Crippen LogP contribution < -0.4 is 4.57 Å². The lowest BCUT2D eigenvalue weighted by molar-refractivity contribution is -0.688. The second kappa shape index (κ2) is 17.9. The normalized spacial score (nSPS) is 11.1. The van der Waals surface area contributed by atoms with Gasteiger partial charge in [-0.1, -0.05) is 128 Å². The third-order valence-electron chi connectivity index (χ3n) is 6.40. The van der Waals surface area contributed by atoms with Gasteiger partial charge in [-0.05, 0) is 18.4 Å². The van der Waals surface area contributed by atoms with Crippen molar-refractivity contribution in [3.63, 3.8) is 0 Å². The zero-order valence-electron chi connectivity index (χ0n) is 20.2. The zero-order chi connectivity index (χ0) is 21.8. The molecule has 2 aromatic rings. The Labute approximate surface area is 192 Å². The molecule has 0 aliphatic carbocycles. The Morgan fingerprint density at radius 2 is 0.968 bits per heavy atom. The molecule has 0 spiro atoms. The Bertz CT molecular complexity index is 636. The zero-order valence-corrected chi connectivity index (χ0v) is 20.2. The molecule has 0 aliphatic heterocycles. The SMILES string of the molecule is CCCCCCCCCCCCCCCCCCc1ccc(C[n+]2ccncc2)cc1. The second-order valence-electron chi connectivity index (χ2n) is 9.29. The molecule has 2 nitrogen and oxygen atoms in total. The van der Waals surface area contributed by atoms with Crippen molar-refractivity contribution in [3.05, 3.63) is 60.2 Å². The van der Waals surface area contributed by atoms with Crippen LogP contribution in [-0.2, 0) is 13.0 Å². The Hall–Kier alpha value is -1.70. The van der Waals surface area contributed by atoms with Crippen molar-refractivity contribution in [1.82, 2.24) is 4.98 Å². The fourth-order valence-corrected chi connectivity index (χ4v) is 4.35. The fraction of sp³-hybridized carbons (Fsp3) is 0.655. The van der Waals surface area contributed by atoms with Gasteiger partial charge >= 0.3 is 0 Å². The largest absolute Gasteiger partial charge is 0.252 e. The van der Waals surface area contributed by atoms with E-state index in [2.05, 4.69) is 40.7 Å². The molecule has 31 heavy (non-hydrogen) atoms. The van der Waals surface area contributed by atoms with Gasteiger partial charge in [-0.2, -0.15) is 4.57 Å². The summed E-state index contributed by atoms with van der Waals surface area (Å²) in [5, 5.41) is 0. The van der Waals surface area contributed by atoms with Crippen molar-refractivity contribution in [2.75, 3.05) is 0 Å². The van der Waals surface area contributed by atoms with E-state index < -0.39 is 0 Å². The first-order chi connectivity index (χ1) is 15.4. The summed E-state index contributed by atoms with van der Waals surface area (Å²) in [5.74, 6) is 0. The minimum Gasteiger partial charge on any atom is -0.252 e. The van der Waals surface area contributed by atoms with E-state index in [1.807, 2.05) is 24.8 Å². The van der Waals surface area contributed by atoms with Crippen LogP contribution in [0.5, 0.6) is 0 Å². The predicted molar refractivity (Wildman–Crippen MR) is 133 cm³/mol. The summed E-state index contributed by atoms with van der Waals surface area (Å²) in [6.45, 7) is 3.22. The van der Waals surface area contributed by atoms with E-state index in [1.165, 1.54) is 120 Å². The summed E-state index contributed by atoms with van der Waals surface area (Å²) >= 11 is 0. The minimum atomic E-state index is 0.918. The summed E-state index contributed by atoms with van der Waals surface area (Å²) in [6.07, 6.45) is 31.9. The first kappa shape index (κ1) is 25.6. The highest BCUT2D eigenvalue weighted by Crippen LogP contribution is 2.15. The molecular formula is C29H47N2+. The van der Waals surface area contributed by atoms with E-state index in [-0.39, 0.29) is 0 Å². The number of rotatable bonds is 19. The van der Waals surface area contributed by atoms with Gasteiger partial charge in [0, 0.05) is 5.56 Å². The topological polar surface area (TPSA) is 16.8 Å². The number of benzene rings is 1. The lowest BCUT2D eigenvalue weighted by Gasteiger charge is -2.05. The van der Waals surface area contributed by atoms with Gasteiger partial charge in [-0.3, -0.25) is 4.98 Å². The highest BCUT2D eigenvalue weighted by atomic mass is 14.9. The number of aryl methyl sites for hydroxylation is 1. The van der Waals surface area contributed by atoms with E-state index in [1.54, 1.807) is 0 Å². The van der Waals surface area contributed by atoms with Gasteiger partial charge in [-0.15, -0.1) is 0 Å². The lowest BCUT2D eigenvalue weighted by Crippen LogP contribution is -2.33. The number of unbranched alkanes of at least 4 members (excludes halogenated alkanes) is 15. The average molecular weight is 424 g/mol. The molecule has 0 bridgehead atoms.